The summed E-state index contributed by atoms with van der Waals surface area (Å²) < 4.78 is 32.6. The molecule has 6 heteroatoms. The van der Waals surface area contributed by atoms with Gasteiger partial charge in [0.15, 0.2) is 23.2 Å². The molecule has 3 N–H and O–H groups in total. The molecule has 0 aliphatic heterocycles. The molecule has 0 heterocycles. The number of benzene rings is 2. The van der Waals surface area contributed by atoms with E-state index in [1.54, 1.807) is 24.3 Å². The Morgan fingerprint density at radius 1 is 1.15 bits per heavy atom. The quantitative estimate of drug-likeness (QED) is 0.391. The van der Waals surface area contributed by atoms with Gasteiger partial charge in [-0.05, 0) is 17.7 Å². The third-order valence-electron chi connectivity index (χ3n) is 2.63. The van der Waals surface area contributed by atoms with Crippen LogP contribution in [0, 0.1) is 11.6 Å². The zero-order valence-electron chi connectivity index (χ0n) is 10.4. The van der Waals surface area contributed by atoms with Crippen molar-refractivity contribution in [3.8, 4) is 5.75 Å². The van der Waals surface area contributed by atoms with Crippen LogP contribution in [0.25, 0.3) is 0 Å². The summed E-state index contributed by atoms with van der Waals surface area (Å²) in [5.74, 6) is -2.70. The summed E-state index contributed by atoms with van der Waals surface area (Å²) in [5.41, 5.74) is 6.00. The van der Waals surface area contributed by atoms with E-state index in [0.29, 0.717) is 0 Å². The van der Waals surface area contributed by atoms with Crippen LogP contribution in [0.1, 0.15) is 11.1 Å². The summed E-state index contributed by atoms with van der Waals surface area (Å²) in [6.07, 6.45) is 0. The highest BCUT2D eigenvalue weighted by atomic mass is 19.1. The first-order valence-corrected chi connectivity index (χ1v) is 5.75. The predicted octanol–water partition coefficient (Wildman–Crippen LogP) is 2.64. The smallest absolute Gasteiger partial charge is 0.191 e. The molecule has 20 heavy (non-hydrogen) atoms. The number of ether oxygens (including phenoxy) is 1. The van der Waals surface area contributed by atoms with Crippen molar-refractivity contribution in [1.82, 2.24) is 0 Å². The van der Waals surface area contributed by atoms with Crippen LogP contribution in [0.3, 0.4) is 0 Å². The lowest BCUT2D eigenvalue weighted by Gasteiger charge is -2.09. The summed E-state index contributed by atoms with van der Waals surface area (Å²) in [7, 11) is 0. The molecule has 0 spiro atoms. The van der Waals surface area contributed by atoms with E-state index in [4.69, 9.17) is 15.7 Å². The molecule has 0 radical (unpaired) electrons. The van der Waals surface area contributed by atoms with Gasteiger partial charge in [-0.25, -0.2) is 8.78 Å². The second kappa shape index (κ2) is 6.01. The van der Waals surface area contributed by atoms with E-state index in [1.165, 1.54) is 0 Å². The third-order valence-corrected chi connectivity index (χ3v) is 2.63. The standard InChI is InChI=1S/C14H12F2N2O2/c15-11-6-10(14(17)18-19)7-12(16)13(11)20-8-9-4-2-1-3-5-9/h1-7,19H,8H2,(H2,17,18). The Morgan fingerprint density at radius 2 is 1.75 bits per heavy atom. The first kappa shape index (κ1) is 13.8. The maximum atomic E-state index is 13.8. The maximum absolute atomic E-state index is 13.8. The van der Waals surface area contributed by atoms with Crippen molar-refractivity contribution < 1.29 is 18.7 Å². The van der Waals surface area contributed by atoms with E-state index in [1.807, 2.05) is 6.07 Å². The van der Waals surface area contributed by atoms with E-state index in [0.717, 1.165) is 17.7 Å². The van der Waals surface area contributed by atoms with Crippen LogP contribution in [0.4, 0.5) is 8.78 Å². The Kier molecular flexibility index (Phi) is 4.14. The van der Waals surface area contributed by atoms with Gasteiger partial charge in [0, 0.05) is 5.56 Å². The number of amidine groups is 1. The van der Waals surface area contributed by atoms with Crippen LogP contribution < -0.4 is 10.5 Å². The Bertz CT molecular complexity index is 607. The second-order valence-corrected chi connectivity index (χ2v) is 4.03. The Balaban J connectivity index is 2.21. The lowest BCUT2D eigenvalue weighted by Crippen LogP contribution is -2.14. The molecule has 0 atom stereocenters. The number of hydrogen-bond donors (Lipinski definition) is 2. The van der Waals surface area contributed by atoms with Gasteiger partial charge in [0.1, 0.15) is 6.61 Å². The normalized spacial score (nSPS) is 11.4. The SMILES string of the molecule is N/C(=N/O)c1cc(F)c(OCc2ccccc2)c(F)c1. The van der Waals surface area contributed by atoms with Crippen molar-refractivity contribution in [3.05, 3.63) is 65.2 Å². The van der Waals surface area contributed by atoms with E-state index in [9.17, 15) is 8.78 Å². The molecule has 0 amide bonds. The highest BCUT2D eigenvalue weighted by Crippen LogP contribution is 2.24. The highest BCUT2D eigenvalue weighted by Gasteiger charge is 2.14. The van der Waals surface area contributed by atoms with E-state index < -0.39 is 17.4 Å². The van der Waals surface area contributed by atoms with Crippen molar-refractivity contribution in [1.29, 1.82) is 0 Å². The number of oxime groups is 1. The van der Waals surface area contributed by atoms with Crippen molar-refractivity contribution >= 4 is 5.84 Å². The highest BCUT2D eigenvalue weighted by molar-refractivity contribution is 5.97. The molecule has 0 fully saturated rings. The molecule has 0 saturated carbocycles. The number of nitrogens with two attached hydrogens (primary N) is 1. The maximum Gasteiger partial charge on any atom is 0.191 e. The number of halogens is 2. The topological polar surface area (TPSA) is 67.8 Å². The van der Waals surface area contributed by atoms with Crippen LogP contribution in [0.15, 0.2) is 47.6 Å². The third kappa shape index (κ3) is 3.03. The molecule has 104 valence electrons. The molecular formula is C14H12F2N2O2. The van der Waals surface area contributed by atoms with Crippen LogP contribution in [0.2, 0.25) is 0 Å². The average molecular weight is 278 g/mol. The molecule has 0 aliphatic rings. The Labute approximate surface area is 114 Å². The summed E-state index contributed by atoms with van der Waals surface area (Å²) in [6.45, 7) is 0.0393. The van der Waals surface area contributed by atoms with Crippen molar-refractivity contribution in [3.63, 3.8) is 0 Å². The molecule has 0 saturated heterocycles. The van der Waals surface area contributed by atoms with Crippen molar-refractivity contribution in [2.24, 2.45) is 10.9 Å². The Hall–Kier alpha value is -2.63. The molecule has 0 aliphatic carbocycles. The minimum Gasteiger partial charge on any atom is -0.483 e. The van der Waals surface area contributed by atoms with Gasteiger partial charge in [-0.2, -0.15) is 0 Å². The van der Waals surface area contributed by atoms with Gasteiger partial charge in [0.2, 0.25) is 0 Å². The number of hydrogen-bond acceptors (Lipinski definition) is 3. The van der Waals surface area contributed by atoms with Crippen LogP contribution in [-0.2, 0) is 6.61 Å². The van der Waals surface area contributed by atoms with Gasteiger partial charge in [-0.3, -0.25) is 0 Å². The van der Waals surface area contributed by atoms with Crippen molar-refractivity contribution in [2.75, 3.05) is 0 Å². The summed E-state index contributed by atoms with van der Waals surface area (Å²) in [5, 5.41) is 11.2. The molecule has 0 bridgehead atoms. The number of nitrogens with zero attached hydrogens (tertiary/aromatic N) is 1. The summed E-state index contributed by atoms with van der Waals surface area (Å²) >= 11 is 0. The fraction of sp³-hybridized carbons (Fsp3) is 0.0714. The lowest BCUT2D eigenvalue weighted by atomic mass is 10.2. The van der Waals surface area contributed by atoms with Gasteiger partial charge < -0.3 is 15.7 Å². The zero-order chi connectivity index (χ0) is 14.5. The van der Waals surface area contributed by atoms with Gasteiger partial charge in [-0.1, -0.05) is 35.5 Å². The molecule has 0 aromatic heterocycles. The molecular weight excluding hydrogens is 266 g/mol. The predicted molar refractivity (Wildman–Crippen MR) is 69.6 cm³/mol. The van der Waals surface area contributed by atoms with E-state index in [2.05, 4.69) is 5.16 Å². The second-order valence-electron chi connectivity index (χ2n) is 4.03. The summed E-state index contributed by atoms with van der Waals surface area (Å²) in [4.78, 5) is 0. The largest absolute Gasteiger partial charge is 0.483 e. The zero-order valence-corrected chi connectivity index (χ0v) is 10.4. The van der Waals surface area contributed by atoms with Crippen molar-refractivity contribution in [2.45, 2.75) is 6.61 Å². The molecule has 2 aromatic rings. The Morgan fingerprint density at radius 3 is 2.30 bits per heavy atom. The molecule has 2 rings (SSSR count). The number of rotatable bonds is 4. The van der Waals surface area contributed by atoms with Crippen LogP contribution in [-0.4, -0.2) is 11.0 Å². The van der Waals surface area contributed by atoms with E-state index in [-0.39, 0.29) is 18.0 Å². The van der Waals surface area contributed by atoms with Crippen LogP contribution in [0.5, 0.6) is 5.75 Å². The first-order chi connectivity index (χ1) is 9.61. The fourth-order valence-corrected chi connectivity index (χ4v) is 1.63. The molecule has 4 nitrogen and oxygen atoms in total. The minimum atomic E-state index is -0.914. The molecule has 0 unspecified atom stereocenters. The lowest BCUT2D eigenvalue weighted by molar-refractivity contribution is 0.274. The average Bonchev–Trinajstić information content (AvgIpc) is 2.46. The monoisotopic (exact) mass is 278 g/mol. The fourth-order valence-electron chi connectivity index (χ4n) is 1.63. The van der Waals surface area contributed by atoms with E-state index >= 15 is 0 Å². The molecule has 2 aromatic carbocycles. The van der Waals surface area contributed by atoms with Gasteiger partial charge in [-0.15, -0.1) is 0 Å². The van der Waals surface area contributed by atoms with Gasteiger partial charge >= 0.3 is 0 Å². The van der Waals surface area contributed by atoms with Crippen LogP contribution >= 0.6 is 0 Å². The first-order valence-electron chi connectivity index (χ1n) is 5.75. The van der Waals surface area contributed by atoms with Gasteiger partial charge in [0.25, 0.3) is 0 Å². The van der Waals surface area contributed by atoms with Gasteiger partial charge in [0.05, 0.1) is 0 Å². The minimum absolute atomic E-state index is 0.0393. The summed E-state index contributed by atoms with van der Waals surface area (Å²) in [6, 6.07) is 10.9.